The third-order valence-corrected chi connectivity index (χ3v) is 5.57. The third-order valence-electron chi connectivity index (χ3n) is 3.94. The zero-order chi connectivity index (χ0) is 21.3. The summed E-state index contributed by atoms with van der Waals surface area (Å²) in [6, 6.07) is 7.85. The summed E-state index contributed by atoms with van der Waals surface area (Å²) in [5.74, 6) is -0.628. The number of hydrogen-bond donors (Lipinski definition) is 0. The molecular formula is C17H9Cl2N3O6S. The van der Waals surface area contributed by atoms with Gasteiger partial charge in [-0.3, -0.25) is 34.7 Å². The van der Waals surface area contributed by atoms with Crippen molar-refractivity contribution in [2.75, 3.05) is 0 Å². The second-order valence-electron chi connectivity index (χ2n) is 5.74. The topological polar surface area (TPSA) is 124 Å². The van der Waals surface area contributed by atoms with E-state index in [0.29, 0.717) is 17.3 Å². The fourth-order valence-corrected chi connectivity index (χ4v) is 3.87. The Bertz CT molecular complexity index is 1090. The van der Waals surface area contributed by atoms with Crippen LogP contribution in [-0.4, -0.2) is 25.9 Å². The number of thioether (sulfide) groups is 1. The Balaban J connectivity index is 1.88. The normalized spacial score (nSPS) is 15.2. The van der Waals surface area contributed by atoms with Crippen LogP contribution in [0.25, 0.3) is 6.08 Å². The first-order chi connectivity index (χ1) is 13.7. The van der Waals surface area contributed by atoms with Crippen LogP contribution in [0.4, 0.5) is 16.2 Å². The number of amides is 2. The van der Waals surface area contributed by atoms with Crippen LogP contribution in [0.5, 0.6) is 0 Å². The Morgan fingerprint density at radius 3 is 2.24 bits per heavy atom. The van der Waals surface area contributed by atoms with Crippen molar-refractivity contribution in [3.8, 4) is 0 Å². The molecule has 3 rings (SSSR count). The van der Waals surface area contributed by atoms with Crippen LogP contribution in [0, 0.1) is 20.2 Å². The highest BCUT2D eigenvalue weighted by Gasteiger charge is 2.35. The minimum atomic E-state index is -0.684. The molecule has 0 aliphatic carbocycles. The van der Waals surface area contributed by atoms with Gasteiger partial charge in [0.1, 0.15) is 5.02 Å². The molecule has 0 saturated carbocycles. The molecule has 148 valence electrons. The minimum Gasteiger partial charge on any atom is -0.268 e. The van der Waals surface area contributed by atoms with Crippen molar-refractivity contribution in [3.05, 3.63) is 82.7 Å². The Morgan fingerprint density at radius 1 is 1.00 bits per heavy atom. The fraction of sp³-hybridized carbons (Fsp3) is 0.0588. The first kappa shape index (κ1) is 20.8. The average molecular weight is 454 g/mol. The van der Waals surface area contributed by atoms with Crippen molar-refractivity contribution < 1.29 is 19.4 Å². The zero-order valence-electron chi connectivity index (χ0n) is 14.2. The predicted molar refractivity (Wildman–Crippen MR) is 108 cm³/mol. The summed E-state index contributed by atoms with van der Waals surface area (Å²) < 4.78 is 0. The largest absolute Gasteiger partial charge is 0.293 e. The molecule has 0 atom stereocenters. The molecule has 0 N–H and O–H groups in total. The van der Waals surface area contributed by atoms with Crippen molar-refractivity contribution in [1.29, 1.82) is 0 Å². The van der Waals surface area contributed by atoms with Gasteiger partial charge >= 0.3 is 0 Å². The second kappa shape index (κ2) is 8.19. The molecular weight excluding hydrogens is 445 g/mol. The molecule has 29 heavy (non-hydrogen) atoms. The van der Waals surface area contributed by atoms with E-state index >= 15 is 0 Å². The van der Waals surface area contributed by atoms with E-state index in [-0.39, 0.29) is 38.4 Å². The maximum Gasteiger partial charge on any atom is 0.293 e. The molecule has 2 aromatic carbocycles. The Morgan fingerprint density at radius 2 is 1.66 bits per heavy atom. The molecule has 0 radical (unpaired) electrons. The number of halogens is 2. The van der Waals surface area contributed by atoms with Gasteiger partial charge in [-0.15, -0.1) is 0 Å². The van der Waals surface area contributed by atoms with Crippen molar-refractivity contribution in [2.45, 2.75) is 6.54 Å². The van der Waals surface area contributed by atoms with Crippen molar-refractivity contribution in [1.82, 2.24) is 4.90 Å². The van der Waals surface area contributed by atoms with Crippen molar-refractivity contribution in [3.63, 3.8) is 0 Å². The summed E-state index contributed by atoms with van der Waals surface area (Å²) in [6.07, 6.45) is 1.23. The minimum absolute atomic E-state index is 0.00112. The molecule has 0 spiro atoms. The number of benzene rings is 2. The number of nitrogens with zero attached hydrogens (tertiary/aromatic N) is 3. The van der Waals surface area contributed by atoms with E-state index in [1.165, 1.54) is 36.4 Å². The smallest absolute Gasteiger partial charge is 0.268 e. The first-order valence-corrected chi connectivity index (χ1v) is 9.37. The molecule has 1 saturated heterocycles. The maximum atomic E-state index is 12.6. The SMILES string of the molecule is O=C1S/C(=C\c2c(Cl)ccc([N+](=O)[O-])c2Cl)C(=O)N1Cc1ccc([N+](=O)[O-])cc1. The summed E-state index contributed by atoms with van der Waals surface area (Å²) in [6.45, 7) is -0.0869. The molecule has 1 aliphatic rings. The average Bonchev–Trinajstić information content (AvgIpc) is 2.92. The Hall–Kier alpha value is -2.95. The predicted octanol–water partition coefficient (Wildman–Crippen LogP) is 5.05. The van der Waals surface area contributed by atoms with Crippen LogP contribution in [0.1, 0.15) is 11.1 Å². The van der Waals surface area contributed by atoms with Gasteiger partial charge in [-0.1, -0.05) is 35.3 Å². The molecule has 12 heteroatoms. The number of carbonyl (C=O) groups is 2. The summed E-state index contributed by atoms with van der Waals surface area (Å²) in [4.78, 5) is 46.4. The standard InChI is InChI=1S/C17H9Cl2N3O6S/c18-12-5-6-13(22(27)28)15(19)11(12)7-14-16(23)20(17(24)29-14)8-9-1-3-10(4-2-9)21(25)26/h1-7H,8H2/b14-7-. The van der Waals surface area contributed by atoms with Crippen molar-refractivity contribution >= 4 is 63.6 Å². The van der Waals surface area contributed by atoms with E-state index in [2.05, 4.69) is 0 Å². The summed E-state index contributed by atoms with van der Waals surface area (Å²) in [7, 11) is 0. The van der Waals surface area contributed by atoms with Crippen LogP contribution < -0.4 is 0 Å². The molecule has 1 fully saturated rings. The highest BCUT2D eigenvalue weighted by Crippen LogP contribution is 2.39. The van der Waals surface area contributed by atoms with Crippen LogP contribution in [0.3, 0.4) is 0 Å². The van der Waals surface area contributed by atoms with Crippen LogP contribution in [0.2, 0.25) is 10.0 Å². The number of non-ortho nitro benzene ring substituents is 1. The number of nitro benzene ring substituents is 2. The fourth-order valence-electron chi connectivity index (χ4n) is 2.50. The lowest BCUT2D eigenvalue weighted by Crippen LogP contribution is -2.27. The lowest BCUT2D eigenvalue weighted by molar-refractivity contribution is -0.385. The molecule has 2 amide bonds. The second-order valence-corrected chi connectivity index (χ2v) is 7.52. The molecule has 0 bridgehead atoms. The zero-order valence-corrected chi connectivity index (χ0v) is 16.5. The number of imide groups is 1. The van der Waals surface area contributed by atoms with Gasteiger partial charge in [0.05, 0.1) is 21.3 Å². The van der Waals surface area contributed by atoms with Gasteiger partial charge in [-0.25, -0.2) is 0 Å². The highest BCUT2D eigenvalue weighted by atomic mass is 35.5. The van der Waals surface area contributed by atoms with E-state index < -0.39 is 21.0 Å². The highest BCUT2D eigenvalue weighted by molar-refractivity contribution is 8.18. The lowest BCUT2D eigenvalue weighted by atomic mass is 10.1. The monoisotopic (exact) mass is 453 g/mol. The Kier molecular flexibility index (Phi) is 5.87. The summed E-state index contributed by atoms with van der Waals surface area (Å²) in [5.41, 5.74) is 0.0825. The van der Waals surface area contributed by atoms with E-state index in [1.54, 1.807) is 0 Å². The summed E-state index contributed by atoms with van der Waals surface area (Å²) in [5, 5.41) is 21.0. The van der Waals surface area contributed by atoms with Crippen LogP contribution in [-0.2, 0) is 11.3 Å². The van der Waals surface area contributed by atoms with E-state index in [9.17, 15) is 29.8 Å². The lowest BCUT2D eigenvalue weighted by Gasteiger charge is -2.12. The van der Waals surface area contributed by atoms with E-state index in [0.717, 1.165) is 11.0 Å². The van der Waals surface area contributed by atoms with Gasteiger partial charge in [-0.05, 0) is 29.5 Å². The van der Waals surface area contributed by atoms with Crippen LogP contribution in [0.15, 0.2) is 41.3 Å². The molecule has 1 aliphatic heterocycles. The first-order valence-electron chi connectivity index (χ1n) is 7.80. The third kappa shape index (κ3) is 4.24. The molecule has 9 nitrogen and oxygen atoms in total. The number of carbonyl (C=O) groups excluding carboxylic acids is 2. The van der Waals surface area contributed by atoms with Gasteiger partial charge in [-0.2, -0.15) is 0 Å². The van der Waals surface area contributed by atoms with Gasteiger partial charge in [0.2, 0.25) is 0 Å². The quantitative estimate of drug-likeness (QED) is 0.352. The number of hydrogen-bond acceptors (Lipinski definition) is 7. The number of nitro groups is 2. The molecule has 0 aromatic heterocycles. The molecule has 1 heterocycles. The van der Waals surface area contributed by atoms with Crippen molar-refractivity contribution in [2.24, 2.45) is 0 Å². The number of rotatable bonds is 5. The van der Waals surface area contributed by atoms with Gasteiger partial charge in [0, 0.05) is 28.8 Å². The Labute approximate surface area is 177 Å². The van der Waals surface area contributed by atoms with E-state index in [1.807, 2.05) is 0 Å². The van der Waals surface area contributed by atoms with Crippen LogP contribution >= 0.6 is 35.0 Å². The van der Waals surface area contributed by atoms with E-state index in [4.69, 9.17) is 23.2 Å². The maximum absolute atomic E-state index is 12.6. The molecule has 0 unspecified atom stereocenters. The van der Waals surface area contributed by atoms with Gasteiger partial charge in [0.15, 0.2) is 0 Å². The summed E-state index contributed by atoms with van der Waals surface area (Å²) >= 11 is 12.7. The molecule has 2 aromatic rings. The van der Waals surface area contributed by atoms with Gasteiger partial charge in [0.25, 0.3) is 22.5 Å². The van der Waals surface area contributed by atoms with Gasteiger partial charge < -0.3 is 0 Å².